The molecule has 3 aliphatic rings. The molecule has 0 amide bonds. The Bertz CT molecular complexity index is 386. The van der Waals surface area contributed by atoms with E-state index < -0.39 is 5.97 Å². The van der Waals surface area contributed by atoms with E-state index in [4.69, 9.17) is 14.2 Å². The molecule has 1 aromatic carbocycles. The van der Waals surface area contributed by atoms with Gasteiger partial charge in [-0.25, -0.2) is 4.39 Å². The summed E-state index contributed by atoms with van der Waals surface area (Å²) >= 11 is 0. The van der Waals surface area contributed by atoms with Crippen molar-refractivity contribution in [1.29, 1.82) is 0 Å². The summed E-state index contributed by atoms with van der Waals surface area (Å²) in [4.78, 5) is 0. The molecule has 0 N–H and O–H groups in total. The number of hydrogen-bond acceptors (Lipinski definition) is 3. The Hall–Kier alpha value is -0.970. The maximum Gasteiger partial charge on any atom is 0.283 e. The Kier molecular flexibility index (Phi) is 2.86. The topological polar surface area (TPSA) is 27.7 Å². The van der Waals surface area contributed by atoms with E-state index in [1.54, 1.807) is 12.1 Å². The Balaban J connectivity index is 1.66. The molecule has 3 fully saturated rings. The number of hydrogen-bond donors (Lipinski definition) is 0. The molecular weight excluding hydrogens is 223 g/mol. The molecule has 3 saturated heterocycles. The van der Waals surface area contributed by atoms with E-state index in [-0.39, 0.29) is 5.82 Å². The number of rotatable bonds is 3. The van der Waals surface area contributed by atoms with Crippen molar-refractivity contribution >= 4 is 0 Å². The molecule has 0 radical (unpaired) electrons. The second-order valence-corrected chi connectivity index (χ2v) is 4.57. The Morgan fingerprint density at radius 1 is 1.12 bits per heavy atom. The minimum Gasteiger partial charge on any atom is -0.327 e. The first-order chi connectivity index (χ1) is 8.27. The SMILES string of the molecule is Fc1ccccc1CCC12OCC(CO1)CO2. The molecule has 0 unspecified atom stereocenters. The van der Waals surface area contributed by atoms with Crippen molar-refractivity contribution in [3.8, 4) is 0 Å². The molecular formula is C13H15FO3. The lowest BCUT2D eigenvalue weighted by atomic mass is 10.1. The van der Waals surface area contributed by atoms with Crippen LogP contribution in [0.5, 0.6) is 0 Å². The molecule has 1 aromatic rings. The first-order valence-corrected chi connectivity index (χ1v) is 5.93. The van der Waals surface area contributed by atoms with Crippen molar-refractivity contribution in [1.82, 2.24) is 0 Å². The van der Waals surface area contributed by atoms with Crippen molar-refractivity contribution < 1.29 is 18.6 Å². The van der Waals surface area contributed by atoms with Gasteiger partial charge >= 0.3 is 0 Å². The van der Waals surface area contributed by atoms with Crippen LogP contribution >= 0.6 is 0 Å². The van der Waals surface area contributed by atoms with Gasteiger partial charge in [-0.1, -0.05) is 18.2 Å². The number of benzene rings is 1. The predicted molar refractivity (Wildman–Crippen MR) is 58.8 cm³/mol. The van der Waals surface area contributed by atoms with Gasteiger partial charge in [0.2, 0.25) is 0 Å². The fraction of sp³-hybridized carbons (Fsp3) is 0.538. The smallest absolute Gasteiger partial charge is 0.283 e. The van der Waals surface area contributed by atoms with E-state index in [0.29, 0.717) is 44.1 Å². The fourth-order valence-electron chi connectivity index (χ4n) is 2.21. The minimum absolute atomic E-state index is 0.187. The summed E-state index contributed by atoms with van der Waals surface area (Å²) in [5.74, 6) is -0.768. The lowest BCUT2D eigenvalue weighted by Crippen LogP contribution is -2.54. The number of ether oxygens (including phenoxy) is 3. The van der Waals surface area contributed by atoms with Crippen molar-refractivity contribution in [3.63, 3.8) is 0 Å². The molecule has 17 heavy (non-hydrogen) atoms. The van der Waals surface area contributed by atoms with Gasteiger partial charge in [-0.05, 0) is 18.1 Å². The van der Waals surface area contributed by atoms with Crippen molar-refractivity contribution in [2.45, 2.75) is 18.8 Å². The van der Waals surface area contributed by atoms with Gasteiger partial charge < -0.3 is 14.2 Å². The minimum atomic E-state index is -0.934. The van der Waals surface area contributed by atoms with Gasteiger partial charge in [0.25, 0.3) is 5.97 Å². The van der Waals surface area contributed by atoms with Crippen LogP contribution in [0.15, 0.2) is 24.3 Å². The third kappa shape index (κ3) is 2.20. The van der Waals surface area contributed by atoms with E-state index in [2.05, 4.69) is 0 Å². The van der Waals surface area contributed by atoms with Crippen molar-refractivity contribution in [3.05, 3.63) is 35.6 Å². The van der Waals surface area contributed by atoms with Crippen LogP contribution < -0.4 is 0 Å². The van der Waals surface area contributed by atoms with Crippen molar-refractivity contribution in [2.75, 3.05) is 19.8 Å². The van der Waals surface area contributed by atoms with Gasteiger partial charge in [-0.3, -0.25) is 0 Å². The van der Waals surface area contributed by atoms with E-state index in [9.17, 15) is 4.39 Å². The highest BCUT2D eigenvalue weighted by Crippen LogP contribution is 2.33. The zero-order chi connectivity index (χ0) is 11.7. The third-order valence-corrected chi connectivity index (χ3v) is 3.28. The highest BCUT2D eigenvalue weighted by Gasteiger charge is 2.44. The molecule has 0 spiro atoms. The van der Waals surface area contributed by atoms with Gasteiger partial charge in [-0.2, -0.15) is 0 Å². The summed E-state index contributed by atoms with van der Waals surface area (Å²) < 4.78 is 30.1. The Morgan fingerprint density at radius 2 is 1.76 bits per heavy atom. The van der Waals surface area contributed by atoms with Crippen LogP contribution in [0.2, 0.25) is 0 Å². The van der Waals surface area contributed by atoms with Crippen LogP contribution in [-0.2, 0) is 20.6 Å². The monoisotopic (exact) mass is 238 g/mol. The van der Waals surface area contributed by atoms with Gasteiger partial charge in [0.05, 0.1) is 19.8 Å². The number of aryl methyl sites for hydroxylation is 1. The second kappa shape index (κ2) is 4.37. The van der Waals surface area contributed by atoms with Crippen LogP contribution in [0.3, 0.4) is 0 Å². The Morgan fingerprint density at radius 3 is 2.41 bits per heavy atom. The first-order valence-electron chi connectivity index (χ1n) is 5.93. The molecule has 4 heteroatoms. The van der Waals surface area contributed by atoms with Crippen LogP contribution in [0.25, 0.3) is 0 Å². The molecule has 92 valence electrons. The van der Waals surface area contributed by atoms with E-state index in [1.807, 2.05) is 6.07 Å². The zero-order valence-electron chi connectivity index (χ0n) is 9.52. The highest BCUT2D eigenvalue weighted by atomic mass is 19.1. The Labute approximate surface area is 99.5 Å². The van der Waals surface area contributed by atoms with Gasteiger partial charge in [0, 0.05) is 12.3 Å². The predicted octanol–water partition coefficient (Wildman–Crippen LogP) is 2.11. The largest absolute Gasteiger partial charge is 0.327 e. The van der Waals surface area contributed by atoms with Crippen LogP contribution in [0.1, 0.15) is 12.0 Å². The summed E-state index contributed by atoms with van der Waals surface area (Å²) in [5, 5.41) is 0. The summed E-state index contributed by atoms with van der Waals surface area (Å²) in [7, 11) is 0. The van der Waals surface area contributed by atoms with Gasteiger partial charge in [-0.15, -0.1) is 0 Å². The first kappa shape index (κ1) is 11.1. The molecule has 3 heterocycles. The molecule has 3 aliphatic heterocycles. The van der Waals surface area contributed by atoms with Crippen molar-refractivity contribution in [2.24, 2.45) is 5.92 Å². The van der Waals surface area contributed by atoms with Gasteiger partial charge in [0.1, 0.15) is 5.82 Å². The number of halogens is 1. The summed E-state index contributed by atoms with van der Waals surface area (Å²) in [5.41, 5.74) is 0.672. The molecule has 3 nitrogen and oxygen atoms in total. The molecule has 0 aliphatic carbocycles. The molecule has 0 aromatic heterocycles. The summed E-state index contributed by atoms with van der Waals surface area (Å²) in [6.45, 7) is 2.03. The number of fused-ring (bicyclic) bond motifs is 3. The van der Waals surface area contributed by atoms with Crippen LogP contribution in [-0.4, -0.2) is 25.8 Å². The lowest BCUT2D eigenvalue weighted by Gasteiger charge is -2.45. The average molecular weight is 238 g/mol. The average Bonchev–Trinajstić information content (AvgIpc) is 2.40. The summed E-state index contributed by atoms with van der Waals surface area (Å²) in [6, 6.07) is 6.76. The molecule has 2 bridgehead atoms. The molecule has 4 rings (SSSR count). The van der Waals surface area contributed by atoms with Crippen LogP contribution in [0.4, 0.5) is 4.39 Å². The van der Waals surface area contributed by atoms with E-state index in [1.165, 1.54) is 6.07 Å². The third-order valence-electron chi connectivity index (χ3n) is 3.28. The zero-order valence-corrected chi connectivity index (χ0v) is 9.52. The maximum absolute atomic E-state index is 13.5. The molecule has 0 saturated carbocycles. The second-order valence-electron chi connectivity index (χ2n) is 4.57. The standard InChI is InChI=1S/C13H15FO3/c14-12-4-2-1-3-11(12)5-6-13-15-7-10(8-16-13)9-17-13/h1-4,10H,5-9H2. The van der Waals surface area contributed by atoms with E-state index in [0.717, 1.165) is 0 Å². The van der Waals surface area contributed by atoms with E-state index >= 15 is 0 Å². The normalized spacial score (nSPS) is 31.7. The van der Waals surface area contributed by atoms with Gasteiger partial charge in [0.15, 0.2) is 0 Å². The molecule has 0 atom stereocenters. The fourth-order valence-corrected chi connectivity index (χ4v) is 2.21. The quantitative estimate of drug-likeness (QED) is 0.807. The maximum atomic E-state index is 13.5. The van der Waals surface area contributed by atoms with Crippen LogP contribution in [0, 0.1) is 11.7 Å². The lowest BCUT2D eigenvalue weighted by molar-refractivity contribution is -0.449. The summed E-state index contributed by atoms with van der Waals surface area (Å²) in [6.07, 6.45) is 1.08. The highest BCUT2D eigenvalue weighted by molar-refractivity contribution is 5.17.